The Morgan fingerprint density at radius 1 is 1.35 bits per heavy atom. The summed E-state index contributed by atoms with van der Waals surface area (Å²) in [6.45, 7) is 4.35. The Bertz CT molecular complexity index is 765. The van der Waals surface area contributed by atoms with Crippen molar-refractivity contribution in [3.8, 4) is 0 Å². The van der Waals surface area contributed by atoms with Gasteiger partial charge in [0.1, 0.15) is 5.92 Å². The van der Waals surface area contributed by atoms with Crippen LogP contribution in [0.4, 0.5) is 5.69 Å². The van der Waals surface area contributed by atoms with Crippen LogP contribution in [0.15, 0.2) is 30.3 Å². The number of anilines is 1. The number of aryl methyl sites for hydroxylation is 2. The van der Waals surface area contributed by atoms with Crippen LogP contribution in [0.5, 0.6) is 0 Å². The van der Waals surface area contributed by atoms with E-state index in [9.17, 15) is 14.7 Å². The molecule has 0 saturated heterocycles. The average molecular weight is 329 g/mol. The van der Waals surface area contributed by atoms with E-state index < -0.39 is 11.9 Å². The van der Waals surface area contributed by atoms with Gasteiger partial charge in [0.2, 0.25) is 0 Å². The van der Waals surface area contributed by atoms with E-state index in [4.69, 9.17) is 0 Å². The standard InChI is InChI=1S/C18H19NO3S/c1-3-6-12-9-16(23-11(12)2)17(20)19-10-14(18(21)22)13-7-4-5-8-15(13)19/h4-5,7-9,14H,3,6,10H2,1-2H3,(H,21,22). The second-order valence-electron chi connectivity index (χ2n) is 5.81. The minimum atomic E-state index is -0.887. The molecular formula is C18H19NO3S. The van der Waals surface area contributed by atoms with Gasteiger partial charge >= 0.3 is 5.97 Å². The zero-order valence-corrected chi connectivity index (χ0v) is 14.0. The number of aliphatic carboxylic acids is 1. The molecule has 1 aliphatic heterocycles. The molecule has 4 nitrogen and oxygen atoms in total. The van der Waals surface area contributed by atoms with Gasteiger partial charge in [-0.05, 0) is 36.6 Å². The predicted molar refractivity (Wildman–Crippen MR) is 91.5 cm³/mol. The fraction of sp³-hybridized carbons (Fsp3) is 0.333. The topological polar surface area (TPSA) is 57.6 Å². The van der Waals surface area contributed by atoms with Crippen molar-refractivity contribution in [1.29, 1.82) is 0 Å². The molecule has 5 heteroatoms. The first-order valence-electron chi connectivity index (χ1n) is 7.75. The molecule has 1 aromatic heterocycles. The van der Waals surface area contributed by atoms with E-state index in [1.807, 2.05) is 31.2 Å². The Morgan fingerprint density at radius 3 is 2.78 bits per heavy atom. The quantitative estimate of drug-likeness (QED) is 0.927. The number of hydrogen-bond acceptors (Lipinski definition) is 3. The SMILES string of the molecule is CCCc1cc(C(=O)N2CC(C(=O)O)c3ccccc32)sc1C. The maximum absolute atomic E-state index is 12.9. The summed E-state index contributed by atoms with van der Waals surface area (Å²) in [6, 6.07) is 9.23. The van der Waals surface area contributed by atoms with Crippen LogP contribution in [0.25, 0.3) is 0 Å². The molecule has 3 rings (SSSR count). The third-order valence-corrected chi connectivity index (χ3v) is 5.34. The summed E-state index contributed by atoms with van der Waals surface area (Å²) in [5.41, 5.74) is 2.64. The van der Waals surface area contributed by atoms with Crippen LogP contribution in [-0.4, -0.2) is 23.5 Å². The van der Waals surface area contributed by atoms with Gasteiger partial charge in [0.05, 0.1) is 4.88 Å². The van der Waals surface area contributed by atoms with Gasteiger partial charge in [-0.3, -0.25) is 9.59 Å². The van der Waals surface area contributed by atoms with Gasteiger partial charge in [0, 0.05) is 17.1 Å². The molecule has 120 valence electrons. The summed E-state index contributed by atoms with van der Waals surface area (Å²) in [5.74, 6) is -1.63. The minimum Gasteiger partial charge on any atom is -0.481 e. The van der Waals surface area contributed by atoms with Crippen LogP contribution in [0, 0.1) is 6.92 Å². The minimum absolute atomic E-state index is 0.100. The zero-order chi connectivity index (χ0) is 16.6. The van der Waals surface area contributed by atoms with Crippen molar-refractivity contribution >= 4 is 28.9 Å². The number of hydrogen-bond donors (Lipinski definition) is 1. The van der Waals surface area contributed by atoms with Crippen molar-refractivity contribution in [2.45, 2.75) is 32.6 Å². The number of benzene rings is 1. The molecule has 0 fully saturated rings. The summed E-state index contributed by atoms with van der Waals surface area (Å²) >= 11 is 1.49. The maximum atomic E-state index is 12.9. The van der Waals surface area contributed by atoms with E-state index in [0.717, 1.165) is 23.3 Å². The van der Waals surface area contributed by atoms with E-state index in [1.165, 1.54) is 16.9 Å². The number of carboxylic acids is 1. The average Bonchev–Trinajstić information content (AvgIpc) is 3.09. The van der Waals surface area contributed by atoms with Gasteiger partial charge < -0.3 is 10.0 Å². The molecule has 1 unspecified atom stereocenters. The second kappa shape index (κ2) is 6.16. The highest BCUT2D eigenvalue weighted by molar-refractivity contribution is 7.14. The Labute approximate surface area is 139 Å². The number of nitrogens with zero attached hydrogens (tertiary/aromatic N) is 1. The molecule has 1 atom stereocenters. The van der Waals surface area contributed by atoms with Gasteiger partial charge in [0.25, 0.3) is 5.91 Å². The van der Waals surface area contributed by atoms with Gasteiger partial charge in [-0.25, -0.2) is 0 Å². The smallest absolute Gasteiger partial charge is 0.312 e. The summed E-state index contributed by atoms with van der Waals surface area (Å²) in [4.78, 5) is 27.8. The largest absolute Gasteiger partial charge is 0.481 e. The maximum Gasteiger partial charge on any atom is 0.312 e. The van der Waals surface area contributed by atoms with Gasteiger partial charge in [-0.15, -0.1) is 11.3 Å². The normalized spacial score (nSPS) is 16.4. The molecule has 0 aliphatic carbocycles. The Kier molecular flexibility index (Phi) is 4.22. The molecule has 1 N–H and O–H groups in total. The number of para-hydroxylation sites is 1. The molecular weight excluding hydrogens is 310 g/mol. The van der Waals surface area contributed by atoms with Gasteiger partial charge in [-0.2, -0.15) is 0 Å². The van der Waals surface area contributed by atoms with Crippen LogP contribution < -0.4 is 4.90 Å². The summed E-state index contributed by atoms with van der Waals surface area (Å²) in [6.07, 6.45) is 2.00. The molecule has 0 radical (unpaired) electrons. The van der Waals surface area contributed by atoms with Crippen LogP contribution in [0.2, 0.25) is 0 Å². The number of fused-ring (bicyclic) bond motifs is 1. The Morgan fingerprint density at radius 2 is 2.09 bits per heavy atom. The summed E-state index contributed by atoms with van der Waals surface area (Å²) < 4.78 is 0. The van der Waals surface area contributed by atoms with E-state index in [-0.39, 0.29) is 12.5 Å². The third kappa shape index (κ3) is 2.77. The molecule has 0 bridgehead atoms. The Hall–Kier alpha value is -2.14. The second-order valence-corrected chi connectivity index (χ2v) is 7.06. The highest BCUT2D eigenvalue weighted by Gasteiger charge is 2.37. The number of carboxylic acid groups (broad SMARTS) is 1. The van der Waals surface area contributed by atoms with Crippen molar-refractivity contribution < 1.29 is 14.7 Å². The first-order valence-corrected chi connectivity index (χ1v) is 8.57. The van der Waals surface area contributed by atoms with E-state index >= 15 is 0 Å². The Balaban J connectivity index is 1.94. The van der Waals surface area contributed by atoms with Crippen molar-refractivity contribution in [3.05, 3.63) is 51.2 Å². The number of carbonyl (C=O) groups is 2. The summed E-state index contributed by atoms with van der Waals surface area (Å²) in [5, 5.41) is 9.41. The lowest BCUT2D eigenvalue weighted by Gasteiger charge is -2.16. The molecule has 1 aliphatic rings. The summed E-state index contributed by atoms with van der Waals surface area (Å²) in [7, 11) is 0. The van der Waals surface area contributed by atoms with Gasteiger partial charge in [0.15, 0.2) is 0 Å². The van der Waals surface area contributed by atoms with E-state index in [2.05, 4.69) is 6.92 Å². The first-order chi connectivity index (χ1) is 11.0. The van der Waals surface area contributed by atoms with Crippen molar-refractivity contribution in [2.24, 2.45) is 0 Å². The van der Waals surface area contributed by atoms with Crippen LogP contribution in [0.3, 0.4) is 0 Å². The molecule has 1 amide bonds. The van der Waals surface area contributed by atoms with E-state index in [0.29, 0.717) is 10.6 Å². The highest BCUT2D eigenvalue weighted by Crippen LogP contribution is 2.38. The lowest BCUT2D eigenvalue weighted by atomic mass is 10.0. The highest BCUT2D eigenvalue weighted by atomic mass is 32.1. The van der Waals surface area contributed by atoms with Crippen molar-refractivity contribution in [1.82, 2.24) is 0 Å². The van der Waals surface area contributed by atoms with Crippen LogP contribution in [0.1, 0.15) is 44.9 Å². The zero-order valence-electron chi connectivity index (χ0n) is 13.2. The number of rotatable bonds is 4. The lowest BCUT2D eigenvalue weighted by molar-refractivity contribution is -0.138. The van der Waals surface area contributed by atoms with Crippen LogP contribution in [-0.2, 0) is 11.2 Å². The fourth-order valence-corrected chi connectivity index (χ4v) is 4.11. The third-order valence-electron chi connectivity index (χ3n) is 4.26. The lowest BCUT2D eigenvalue weighted by Crippen LogP contribution is -2.30. The number of amides is 1. The first kappa shape index (κ1) is 15.7. The molecule has 0 saturated carbocycles. The van der Waals surface area contributed by atoms with Crippen LogP contribution >= 0.6 is 11.3 Å². The monoisotopic (exact) mass is 329 g/mol. The van der Waals surface area contributed by atoms with Crippen molar-refractivity contribution in [3.63, 3.8) is 0 Å². The molecule has 23 heavy (non-hydrogen) atoms. The van der Waals surface area contributed by atoms with Gasteiger partial charge in [-0.1, -0.05) is 31.5 Å². The molecule has 0 spiro atoms. The molecule has 2 aromatic rings. The fourth-order valence-electron chi connectivity index (χ4n) is 3.09. The molecule has 1 aromatic carbocycles. The predicted octanol–water partition coefficient (Wildman–Crippen LogP) is 3.84. The number of carbonyl (C=O) groups excluding carboxylic acids is 1. The number of thiophene rings is 1. The molecule has 2 heterocycles. The van der Waals surface area contributed by atoms with E-state index in [1.54, 1.807) is 11.0 Å². The van der Waals surface area contributed by atoms with Crippen molar-refractivity contribution in [2.75, 3.05) is 11.4 Å².